The quantitative estimate of drug-likeness (QED) is 0.0211. The van der Waals surface area contributed by atoms with Gasteiger partial charge in [-0.1, -0.05) is 270 Å². The highest BCUT2D eigenvalue weighted by Crippen LogP contribution is 2.18. The molecule has 0 aliphatic heterocycles. The number of hydrogen-bond acceptors (Lipinski definition) is 7. The lowest BCUT2D eigenvalue weighted by atomic mass is 10.0. The van der Waals surface area contributed by atoms with Crippen LogP contribution in [0.15, 0.2) is 12.2 Å². The molecule has 0 amide bonds. The van der Waals surface area contributed by atoms with E-state index in [1.54, 1.807) is 0 Å². The predicted molar refractivity (Wildman–Crippen MR) is 300 cm³/mol. The smallest absolute Gasteiger partial charge is 0.361 e. The Morgan fingerprint density at radius 1 is 0.408 bits per heavy atom. The zero-order valence-corrected chi connectivity index (χ0v) is 47.9. The van der Waals surface area contributed by atoms with Gasteiger partial charge in [0.15, 0.2) is 6.10 Å². The highest BCUT2D eigenvalue weighted by molar-refractivity contribution is 5.71. The van der Waals surface area contributed by atoms with Crippen molar-refractivity contribution in [2.45, 2.75) is 322 Å². The van der Waals surface area contributed by atoms with Gasteiger partial charge < -0.3 is 28.5 Å². The van der Waals surface area contributed by atoms with Gasteiger partial charge in [-0.2, -0.15) is 0 Å². The summed E-state index contributed by atoms with van der Waals surface area (Å²) in [7, 11) is 5.98. The van der Waals surface area contributed by atoms with E-state index in [1.165, 1.54) is 244 Å². The molecular formula is C62H120NO8+. The normalized spacial score (nSPS) is 12.7. The first-order valence-electron chi connectivity index (χ1n) is 30.9. The standard InChI is InChI=1S/C62H119NO8/c1-6-8-10-12-14-16-18-20-22-24-26-27-28-29-30-31-32-33-35-36-38-40-42-44-46-48-50-52-59(64)69-56-58(57-70-62(61(66)67)68-55-54-63(3,4)5)71-60(65)53-51-49-47-45-43-41-39-37-34-25-23-21-19-17-15-13-11-9-7-2/h21,23,58,62H,6-20,22,24-57H2,1-5H3/p+1/b23-21-. The Hall–Kier alpha value is -1.97. The van der Waals surface area contributed by atoms with Gasteiger partial charge in [-0.25, -0.2) is 4.79 Å². The Kier molecular flexibility index (Phi) is 52.8. The number of rotatable bonds is 58. The molecule has 9 heteroatoms. The summed E-state index contributed by atoms with van der Waals surface area (Å²) in [6.45, 7) is 4.93. The topological polar surface area (TPSA) is 108 Å². The van der Waals surface area contributed by atoms with Crippen molar-refractivity contribution in [3.05, 3.63) is 12.2 Å². The maximum atomic E-state index is 12.9. The zero-order chi connectivity index (χ0) is 52.0. The van der Waals surface area contributed by atoms with Crippen LogP contribution in [0.5, 0.6) is 0 Å². The van der Waals surface area contributed by atoms with Crippen LogP contribution in [0.25, 0.3) is 0 Å². The molecule has 0 spiro atoms. The van der Waals surface area contributed by atoms with E-state index in [0.717, 1.165) is 38.5 Å². The maximum absolute atomic E-state index is 12.9. The third-order valence-corrected chi connectivity index (χ3v) is 14.0. The van der Waals surface area contributed by atoms with Crippen LogP contribution in [0, 0.1) is 0 Å². The average Bonchev–Trinajstić information content (AvgIpc) is 3.34. The number of carboxylic acid groups (broad SMARTS) is 1. The van der Waals surface area contributed by atoms with Gasteiger partial charge in [-0.3, -0.25) is 9.59 Å². The molecule has 9 nitrogen and oxygen atoms in total. The summed E-state index contributed by atoms with van der Waals surface area (Å²) >= 11 is 0. The van der Waals surface area contributed by atoms with E-state index in [1.807, 2.05) is 21.1 Å². The van der Waals surface area contributed by atoms with E-state index in [9.17, 15) is 19.5 Å². The van der Waals surface area contributed by atoms with Crippen molar-refractivity contribution in [3.8, 4) is 0 Å². The van der Waals surface area contributed by atoms with Crippen molar-refractivity contribution in [1.29, 1.82) is 0 Å². The molecule has 0 fully saturated rings. The highest BCUT2D eigenvalue weighted by atomic mass is 16.7. The number of ether oxygens (including phenoxy) is 4. The number of carboxylic acids is 1. The minimum absolute atomic E-state index is 0.176. The van der Waals surface area contributed by atoms with E-state index >= 15 is 0 Å². The molecule has 0 bridgehead atoms. The number of hydrogen-bond donors (Lipinski definition) is 1. The zero-order valence-electron chi connectivity index (χ0n) is 47.9. The molecule has 0 heterocycles. The molecule has 0 rings (SSSR count). The van der Waals surface area contributed by atoms with Crippen molar-refractivity contribution in [2.75, 3.05) is 47.5 Å². The summed E-state index contributed by atoms with van der Waals surface area (Å²) in [6, 6.07) is 0. The predicted octanol–water partition coefficient (Wildman–Crippen LogP) is 18.1. The van der Waals surface area contributed by atoms with Gasteiger partial charge in [-0.05, 0) is 38.5 Å². The number of unbranched alkanes of at least 4 members (excludes halogenated alkanes) is 41. The first kappa shape index (κ1) is 69.0. The summed E-state index contributed by atoms with van der Waals surface area (Å²) in [5.74, 6) is -1.98. The van der Waals surface area contributed by atoms with Crippen LogP contribution >= 0.6 is 0 Å². The number of nitrogens with zero attached hydrogens (tertiary/aromatic N) is 1. The summed E-state index contributed by atoms with van der Waals surface area (Å²) in [6.07, 6.45) is 60.2. The van der Waals surface area contributed by atoms with Crippen molar-refractivity contribution in [3.63, 3.8) is 0 Å². The lowest BCUT2D eigenvalue weighted by Crippen LogP contribution is -2.40. The Balaban J connectivity index is 4.13. The third kappa shape index (κ3) is 55.6. The van der Waals surface area contributed by atoms with Crippen LogP contribution in [-0.4, -0.2) is 87.4 Å². The lowest BCUT2D eigenvalue weighted by molar-refractivity contribution is -0.870. The fraction of sp³-hybridized carbons (Fsp3) is 0.919. The summed E-state index contributed by atoms with van der Waals surface area (Å²) in [5, 5.41) is 9.71. The summed E-state index contributed by atoms with van der Waals surface area (Å²) in [5.41, 5.74) is 0. The molecule has 1 N–H and O–H groups in total. The molecule has 420 valence electrons. The van der Waals surface area contributed by atoms with Crippen LogP contribution < -0.4 is 0 Å². The largest absolute Gasteiger partial charge is 0.477 e. The van der Waals surface area contributed by atoms with Crippen molar-refractivity contribution in [1.82, 2.24) is 0 Å². The van der Waals surface area contributed by atoms with Gasteiger partial charge in [-0.15, -0.1) is 0 Å². The van der Waals surface area contributed by atoms with Crippen LogP contribution in [-0.2, 0) is 33.3 Å². The number of carbonyl (C=O) groups excluding carboxylic acids is 2. The molecule has 0 aromatic carbocycles. The first-order valence-corrected chi connectivity index (χ1v) is 30.9. The maximum Gasteiger partial charge on any atom is 0.361 e. The Morgan fingerprint density at radius 2 is 0.718 bits per heavy atom. The fourth-order valence-corrected chi connectivity index (χ4v) is 9.25. The number of aliphatic carboxylic acids is 1. The van der Waals surface area contributed by atoms with E-state index in [2.05, 4.69) is 26.0 Å². The molecule has 71 heavy (non-hydrogen) atoms. The fourth-order valence-electron chi connectivity index (χ4n) is 9.25. The van der Waals surface area contributed by atoms with Gasteiger partial charge in [0.25, 0.3) is 6.29 Å². The number of allylic oxidation sites excluding steroid dienone is 2. The minimum Gasteiger partial charge on any atom is -0.477 e. The molecular weight excluding hydrogens is 887 g/mol. The lowest BCUT2D eigenvalue weighted by Gasteiger charge is -2.25. The van der Waals surface area contributed by atoms with Crippen LogP contribution in [0.3, 0.4) is 0 Å². The second kappa shape index (κ2) is 54.3. The van der Waals surface area contributed by atoms with Crippen LogP contribution in [0.4, 0.5) is 0 Å². The van der Waals surface area contributed by atoms with Crippen LogP contribution in [0.2, 0.25) is 0 Å². The van der Waals surface area contributed by atoms with Gasteiger partial charge >= 0.3 is 17.9 Å². The third-order valence-electron chi connectivity index (χ3n) is 14.0. The molecule has 0 aromatic rings. The Bertz CT molecular complexity index is 1170. The highest BCUT2D eigenvalue weighted by Gasteiger charge is 2.25. The second-order valence-corrected chi connectivity index (χ2v) is 22.4. The van der Waals surface area contributed by atoms with E-state index < -0.39 is 18.4 Å². The van der Waals surface area contributed by atoms with Crippen molar-refractivity contribution < 1.29 is 42.9 Å². The van der Waals surface area contributed by atoms with Crippen molar-refractivity contribution >= 4 is 17.9 Å². The van der Waals surface area contributed by atoms with E-state index in [0.29, 0.717) is 17.4 Å². The molecule has 0 aliphatic carbocycles. The monoisotopic (exact) mass is 1010 g/mol. The van der Waals surface area contributed by atoms with Crippen molar-refractivity contribution in [2.24, 2.45) is 0 Å². The van der Waals surface area contributed by atoms with Crippen LogP contribution in [0.1, 0.15) is 309 Å². The second-order valence-electron chi connectivity index (χ2n) is 22.4. The molecule has 0 saturated heterocycles. The summed E-state index contributed by atoms with van der Waals surface area (Å²) < 4.78 is 22.9. The SMILES string of the molecule is CCCCCCCC/C=C\CCCCCCCCCCCC(=O)OC(COC(=O)CCCCCCCCCCCCCCCCCCCCCCCCCCCCC)COC(OCC[N+](C)(C)C)C(=O)O. The van der Waals surface area contributed by atoms with Gasteiger partial charge in [0.05, 0.1) is 34.4 Å². The van der Waals surface area contributed by atoms with E-state index in [-0.39, 0.29) is 38.2 Å². The van der Waals surface area contributed by atoms with E-state index in [4.69, 9.17) is 18.9 Å². The Morgan fingerprint density at radius 3 is 1.04 bits per heavy atom. The summed E-state index contributed by atoms with van der Waals surface area (Å²) in [4.78, 5) is 37.5. The number of carbonyl (C=O) groups is 3. The van der Waals surface area contributed by atoms with Gasteiger partial charge in [0.1, 0.15) is 13.2 Å². The number of likely N-dealkylation sites (N-methyl/N-ethyl adjacent to an activating group) is 1. The number of esters is 2. The van der Waals surface area contributed by atoms with Gasteiger partial charge in [0.2, 0.25) is 0 Å². The molecule has 0 radical (unpaired) electrons. The number of quaternary nitrogens is 1. The minimum atomic E-state index is -1.51. The molecule has 0 aromatic heterocycles. The molecule has 2 atom stereocenters. The Labute approximate surface area is 440 Å². The molecule has 2 unspecified atom stereocenters. The average molecular weight is 1010 g/mol. The first-order chi connectivity index (χ1) is 34.6. The van der Waals surface area contributed by atoms with Gasteiger partial charge in [0, 0.05) is 12.8 Å². The molecule has 0 aliphatic rings. The molecule has 0 saturated carbocycles.